The van der Waals surface area contributed by atoms with Crippen molar-refractivity contribution in [1.29, 1.82) is 0 Å². The van der Waals surface area contributed by atoms with Gasteiger partial charge in [0.1, 0.15) is 0 Å². The zero-order chi connectivity index (χ0) is 18.4. The van der Waals surface area contributed by atoms with E-state index in [0.29, 0.717) is 6.25 Å². The van der Waals surface area contributed by atoms with Crippen molar-refractivity contribution in [1.82, 2.24) is 0 Å². The van der Waals surface area contributed by atoms with E-state index in [9.17, 15) is 0 Å². The van der Waals surface area contributed by atoms with E-state index in [0.717, 1.165) is 0 Å². The average Bonchev–Trinajstić information content (AvgIpc) is 2.85. The predicted molar refractivity (Wildman–Crippen MR) is 109 cm³/mol. The quantitative estimate of drug-likeness (QED) is 0.305. The fraction of sp³-hybridized carbons (Fsp3) is 0.636. The van der Waals surface area contributed by atoms with Gasteiger partial charge in [-0.1, -0.05) is 0 Å². The van der Waals surface area contributed by atoms with Crippen LogP contribution in [0.4, 0.5) is 0 Å². The second-order valence-electron chi connectivity index (χ2n) is 8.49. The first kappa shape index (κ1) is 27.5. The molecule has 0 aromatic rings. The van der Waals surface area contributed by atoms with E-state index in [1.165, 1.54) is 12.1 Å². The summed E-state index contributed by atoms with van der Waals surface area (Å²) in [6.45, 7) is 24.5. The fourth-order valence-electron chi connectivity index (χ4n) is 5.31. The Bertz CT molecular complexity index is 618. The number of hydrogen-bond donors (Lipinski definition) is 0. The standard InChI is InChI=1S/2C9H13.C4H11Si.2HI.Zr/c2*1-6-5-7(2)9(4)8(6)3;1-3-5-4-2;;;/h2*5H,1-4H3;5H,3-4H2,1-2H3;2*1H;/q;;;;;+2/p-2. The topological polar surface area (TPSA) is 0 Å². The van der Waals surface area contributed by atoms with Crippen LogP contribution in [0.5, 0.6) is 0 Å². The molecule has 0 saturated heterocycles. The van der Waals surface area contributed by atoms with Crippen LogP contribution in [0.15, 0.2) is 45.6 Å². The minimum absolute atomic E-state index is 0. The van der Waals surface area contributed by atoms with Crippen LogP contribution in [0.25, 0.3) is 0 Å². The van der Waals surface area contributed by atoms with Crippen molar-refractivity contribution in [2.75, 3.05) is 0 Å². The van der Waals surface area contributed by atoms with Crippen LogP contribution in [-0.2, 0) is 20.9 Å². The van der Waals surface area contributed by atoms with Crippen LogP contribution >= 0.6 is 0 Å². The van der Waals surface area contributed by atoms with Gasteiger partial charge in [0.15, 0.2) is 0 Å². The summed E-state index contributed by atoms with van der Waals surface area (Å²) in [6, 6.07) is 2.96. The van der Waals surface area contributed by atoms with Crippen LogP contribution in [-0.4, -0.2) is 5.92 Å². The average molecular weight is 675 g/mol. The summed E-state index contributed by atoms with van der Waals surface area (Å²) in [5, 5.41) is 0. The number of allylic oxidation sites excluding steroid dienone is 8. The molecular weight excluding hydrogens is 637 g/mol. The molecule has 2 unspecified atom stereocenters. The third-order valence-electron chi connectivity index (χ3n) is 7.39. The molecule has 2 rings (SSSR count). The van der Waals surface area contributed by atoms with E-state index in [-0.39, 0.29) is 48.0 Å². The monoisotopic (exact) mass is 673 g/mol. The van der Waals surface area contributed by atoms with Crippen molar-refractivity contribution in [2.45, 2.75) is 87.6 Å². The molecule has 0 nitrogen and oxygen atoms in total. The van der Waals surface area contributed by atoms with Gasteiger partial charge in [-0.25, -0.2) is 0 Å². The first-order valence-corrected chi connectivity index (χ1v) is 18.6. The van der Waals surface area contributed by atoms with Gasteiger partial charge in [0.25, 0.3) is 0 Å². The Balaban J connectivity index is 0.00000312. The second-order valence-corrected chi connectivity index (χ2v) is 28.1. The molecule has 0 aromatic carbocycles. The van der Waals surface area contributed by atoms with Crippen molar-refractivity contribution in [3.05, 3.63) is 45.6 Å². The smallest absolute Gasteiger partial charge is 1.00 e. The van der Waals surface area contributed by atoms with Gasteiger partial charge in [0, 0.05) is 0 Å². The SMILES string of the molecule is CC[SiH](CC)[Zr+2]([C]1(C)C=C(C)C(C)=C1C)[C]1(C)C=C(C)C(C)=C1C.[I-].[I-]. The van der Waals surface area contributed by atoms with Crippen LogP contribution < -0.4 is 48.0 Å². The van der Waals surface area contributed by atoms with E-state index < -0.39 is 26.8 Å². The normalized spacial score (nSPS) is 28.1. The van der Waals surface area contributed by atoms with Crippen LogP contribution in [0, 0.1) is 0 Å². The van der Waals surface area contributed by atoms with Gasteiger partial charge in [0.05, 0.1) is 0 Å². The summed E-state index contributed by atoms with van der Waals surface area (Å²) in [7, 11) is 0. The predicted octanol–water partition coefficient (Wildman–Crippen LogP) is 1.33. The minimum atomic E-state index is -1.85. The minimum Gasteiger partial charge on any atom is -1.00 e. The molecule has 2 aliphatic rings. The van der Waals surface area contributed by atoms with Crippen molar-refractivity contribution in [2.24, 2.45) is 0 Å². The van der Waals surface area contributed by atoms with Crippen molar-refractivity contribution >= 4 is 5.92 Å². The molecule has 0 radical (unpaired) electrons. The van der Waals surface area contributed by atoms with Crippen molar-refractivity contribution < 1.29 is 68.9 Å². The molecule has 26 heavy (non-hydrogen) atoms. The summed E-state index contributed by atoms with van der Waals surface area (Å²) in [5.41, 5.74) is 9.67. The molecule has 0 spiro atoms. The summed E-state index contributed by atoms with van der Waals surface area (Å²) < 4.78 is 0.827. The van der Waals surface area contributed by atoms with Crippen molar-refractivity contribution in [3.8, 4) is 0 Å². The third kappa shape index (κ3) is 4.33. The van der Waals surface area contributed by atoms with Gasteiger partial charge in [-0.15, -0.1) is 0 Å². The number of hydrogen-bond acceptors (Lipinski definition) is 0. The van der Waals surface area contributed by atoms with Gasteiger partial charge < -0.3 is 48.0 Å². The Hall–Kier alpha value is 1.52. The van der Waals surface area contributed by atoms with Gasteiger partial charge in [-0.3, -0.25) is 0 Å². The molecule has 0 bridgehead atoms. The summed E-state index contributed by atoms with van der Waals surface area (Å²) in [6.07, 6.45) is 5.40. The van der Waals surface area contributed by atoms with Crippen LogP contribution in [0.3, 0.4) is 0 Å². The molecule has 2 aliphatic carbocycles. The molecule has 0 heterocycles. The largest absolute Gasteiger partial charge is 1.00 e. The first-order chi connectivity index (χ1) is 11.0. The Labute approximate surface area is 205 Å². The van der Waals surface area contributed by atoms with Gasteiger partial charge >= 0.3 is 160 Å². The molecule has 0 amide bonds. The van der Waals surface area contributed by atoms with Gasteiger partial charge in [-0.05, 0) is 0 Å². The molecule has 4 heteroatoms. The number of rotatable bonds is 5. The Morgan fingerprint density at radius 3 is 1.23 bits per heavy atom. The zero-order valence-corrected chi connectivity index (χ0v) is 26.3. The Morgan fingerprint density at radius 2 is 1.04 bits per heavy atom. The fourth-order valence-corrected chi connectivity index (χ4v) is 37.9. The Morgan fingerprint density at radius 1 is 0.731 bits per heavy atom. The van der Waals surface area contributed by atoms with E-state index in [1.807, 2.05) is 0 Å². The molecule has 2 atom stereocenters. The molecule has 0 fully saturated rings. The van der Waals surface area contributed by atoms with Gasteiger partial charge in [-0.2, -0.15) is 0 Å². The molecule has 147 valence electrons. The molecule has 0 aliphatic heterocycles. The maximum absolute atomic E-state index is 2.70. The molecule has 0 N–H and O–H groups in total. The molecule has 0 saturated carbocycles. The maximum Gasteiger partial charge on any atom is -1.00 e. The van der Waals surface area contributed by atoms with E-state index in [2.05, 4.69) is 81.4 Å². The number of halogens is 2. The summed E-state index contributed by atoms with van der Waals surface area (Å²) in [4.78, 5) is 0. The van der Waals surface area contributed by atoms with Crippen LogP contribution in [0.1, 0.15) is 69.2 Å². The summed E-state index contributed by atoms with van der Waals surface area (Å²) >= 11 is -1.85. The van der Waals surface area contributed by atoms with E-state index in [4.69, 9.17) is 0 Å². The molecular formula is C22H37I2SiZr. The Kier molecular flexibility index (Phi) is 10.6. The molecule has 0 aromatic heterocycles. The van der Waals surface area contributed by atoms with E-state index >= 15 is 0 Å². The van der Waals surface area contributed by atoms with Crippen LogP contribution in [0.2, 0.25) is 18.3 Å². The first-order valence-electron chi connectivity index (χ1n) is 9.67. The van der Waals surface area contributed by atoms with Gasteiger partial charge in [0.2, 0.25) is 0 Å². The summed E-state index contributed by atoms with van der Waals surface area (Å²) in [5.74, 6) is -0.695. The third-order valence-corrected chi connectivity index (χ3v) is 37.4. The second kappa shape index (κ2) is 10.0. The zero-order valence-electron chi connectivity index (χ0n) is 18.4. The van der Waals surface area contributed by atoms with E-state index in [1.54, 1.807) is 33.4 Å². The maximum atomic E-state index is 2.70. The van der Waals surface area contributed by atoms with Crippen molar-refractivity contribution in [3.63, 3.8) is 0 Å².